The van der Waals surface area contributed by atoms with Crippen molar-refractivity contribution in [2.45, 2.75) is 39.0 Å². The molecule has 0 N–H and O–H groups in total. The summed E-state index contributed by atoms with van der Waals surface area (Å²) < 4.78 is 42.7. The minimum atomic E-state index is -0.993. The molecule has 0 fully saturated rings. The molecule has 0 heterocycles. The first kappa shape index (κ1) is 24.1. The van der Waals surface area contributed by atoms with Gasteiger partial charge in [-0.3, -0.25) is 0 Å². The zero-order valence-corrected chi connectivity index (χ0v) is 19.5. The van der Waals surface area contributed by atoms with Crippen molar-refractivity contribution >= 4 is 10.8 Å². The van der Waals surface area contributed by atoms with Gasteiger partial charge in [0.05, 0.1) is 5.56 Å². The first-order chi connectivity index (χ1) is 17.0. The molecule has 0 spiro atoms. The molecule has 0 aliphatic heterocycles. The van der Waals surface area contributed by atoms with E-state index < -0.39 is 23.0 Å². The Kier molecular flexibility index (Phi) is 7.54. The third-order valence-electron chi connectivity index (χ3n) is 6.06. The number of nitriles is 1. The van der Waals surface area contributed by atoms with Crippen molar-refractivity contribution in [1.29, 1.82) is 5.26 Å². The summed E-state index contributed by atoms with van der Waals surface area (Å²) in [5, 5.41) is 9.93. The van der Waals surface area contributed by atoms with Crippen LogP contribution < -0.4 is 0 Å². The SMILES string of the molecule is CCCCCCc1ccc(-c2ccc3c(F)c(C#Cc4cc(F)c(C#N)c(F)c4)ccc3c2)cc1. The van der Waals surface area contributed by atoms with E-state index in [4.69, 9.17) is 5.26 Å². The molecule has 0 unspecified atom stereocenters. The van der Waals surface area contributed by atoms with Gasteiger partial charge in [0.1, 0.15) is 29.1 Å². The average molecular weight is 468 g/mol. The molecule has 0 amide bonds. The Morgan fingerprint density at radius 2 is 1.46 bits per heavy atom. The maximum Gasteiger partial charge on any atom is 0.146 e. The second kappa shape index (κ2) is 10.9. The lowest BCUT2D eigenvalue weighted by molar-refractivity contribution is 0.576. The van der Waals surface area contributed by atoms with Crippen LogP contribution in [0.2, 0.25) is 0 Å². The van der Waals surface area contributed by atoms with Crippen molar-refractivity contribution in [3.8, 4) is 29.0 Å². The number of unbranched alkanes of at least 4 members (excludes halogenated alkanes) is 3. The molecular weight excluding hydrogens is 443 g/mol. The Balaban J connectivity index is 1.56. The molecule has 0 aliphatic rings. The Bertz CT molecular complexity index is 1440. The number of benzene rings is 4. The van der Waals surface area contributed by atoms with Crippen LogP contribution in [0.4, 0.5) is 13.2 Å². The minimum absolute atomic E-state index is 0.0302. The number of hydrogen-bond donors (Lipinski definition) is 0. The summed E-state index contributed by atoms with van der Waals surface area (Å²) in [6.45, 7) is 2.21. The molecule has 1 nitrogen and oxygen atoms in total. The second-order valence-electron chi connectivity index (χ2n) is 8.55. The second-order valence-corrected chi connectivity index (χ2v) is 8.55. The highest BCUT2D eigenvalue weighted by molar-refractivity contribution is 5.89. The van der Waals surface area contributed by atoms with Gasteiger partial charge in [0.2, 0.25) is 0 Å². The quantitative estimate of drug-likeness (QED) is 0.207. The highest BCUT2D eigenvalue weighted by Crippen LogP contribution is 2.28. The molecule has 0 aliphatic carbocycles. The summed E-state index contributed by atoms with van der Waals surface area (Å²) in [6.07, 6.45) is 6.03. The largest absolute Gasteiger partial charge is 0.205 e. The van der Waals surface area contributed by atoms with Crippen LogP contribution in [-0.2, 0) is 6.42 Å². The molecule has 4 heteroatoms. The maximum absolute atomic E-state index is 15.1. The summed E-state index contributed by atoms with van der Waals surface area (Å²) in [5.41, 5.74) is 2.88. The fourth-order valence-corrected chi connectivity index (χ4v) is 4.08. The molecule has 4 aromatic carbocycles. The predicted octanol–water partition coefficient (Wildman–Crippen LogP) is 8.32. The summed E-state index contributed by atoms with van der Waals surface area (Å²) in [7, 11) is 0. The van der Waals surface area contributed by atoms with Crippen LogP contribution in [0, 0.1) is 40.6 Å². The maximum atomic E-state index is 15.1. The number of halogens is 3. The van der Waals surface area contributed by atoms with Gasteiger partial charge in [-0.05, 0) is 59.2 Å². The van der Waals surface area contributed by atoms with Crippen molar-refractivity contribution in [2.24, 2.45) is 0 Å². The summed E-state index contributed by atoms with van der Waals surface area (Å²) in [4.78, 5) is 0. The Hall–Kier alpha value is -4.02. The number of aryl methyl sites for hydroxylation is 1. The standard InChI is InChI=1S/C31H24F3N/c1-2-3-4-5-6-21-7-10-23(11-8-21)25-15-16-27-26(19-25)14-13-24(31(27)34)12-9-22-17-29(32)28(20-35)30(33)18-22/h7-8,10-11,13-19H,2-6H2,1H3. The molecular formula is C31H24F3N. The van der Waals surface area contributed by atoms with Crippen molar-refractivity contribution in [3.63, 3.8) is 0 Å². The van der Waals surface area contributed by atoms with Crippen LogP contribution in [0.3, 0.4) is 0 Å². The van der Waals surface area contributed by atoms with Crippen LogP contribution >= 0.6 is 0 Å². The zero-order valence-electron chi connectivity index (χ0n) is 19.5. The predicted molar refractivity (Wildman–Crippen MR) is 134 cm³/mol. The van der Waals surface area contributed by atoms with Crippen LogP contribution in [0.1, 0.15) is 54.9 Å². The Morgan fingerprint density at radius 1 is 0.743 bits per heavy atom. The lowest BCUT2D eigenvalue weighted by Gasteiger charge is -2.08. The van der Waals surface area contributed by atoms with Gasteiger partial charge in [-0.1, -0.05) is 80.5 Å². The molecule has 4 aromatic rings. The molecule has 0 radical (unpaired) electrons. The number of fused-ring (bicyclic) bond motifs is 1. The van der Waals surface area contributed by atoms with Gasteiger partial charge in [0.25, 0.3) is 0 Å². The van der Waals surface area contributed by atoms with Crippen LogP contribution in [0.15, 0.2) is 66.7 Å². The van der Waals surface area contributed by atoms with Gasteiger partial charge in [0.15, 0.2) is 0 Å². The van der Waals surface area contributed by atoms with E-state index in [1.165, 1.54) is 37.3 Å². The van der Waals surface area contributed by atoms with Gasteiger partial charge in [0, 0.05) is 10.9 Å². The topological polar surface area (TPSA) is 23.8 Å². The van der Waals surface area contributed by atoms with Gasteiger partial charge in [-0.2, -0.15) is 5.26 Å². The van der Waals surface area contributed by atoms with Crippen molar-refractivity contribution < 1.29 is 13.2 Å². The molecule has 0 bridgehead atoms. The van der Waals surface area contributed by atoms with Gasteiger partial charge in [-0.25, -0.2) is 13.2 Å². The minimum Gasteiger partial charge on any atom is -0.205 e. The average Bonchev–Trinajstić information content (AvgIpc) is 2.86. The van der Waals surface area contributed by atoms with E-state index in [1.807, 2.05) is 12.1 Å². The Morgan fingerprint density at radius 3 is 2.14 bits per heavy atom. The smallest absolute Gasteiger partial charge is 0.146 e. The lowest BCUT2D eigenvalue weighted by atomic mass is 9.97. The van der Waals surface area contributed by atoms with E-state index in [-0.39, 0.29) is 11.1 Å². The van der Waals surface area contributed by atoms with Crippen LogP contribution in [0.5, 0.6) is 0 Å². The van der Waals surface area contributed by atoms with Gasteiger partial charge in [-0.15, -0.1) is 0 Å². The summed E-state index contributed by atoms with van der Waals surface area (Å²) in [5.74, 6) is 2.76. The molecule has 174 valence electrons. The van der Waals surface area contributed by atoms with E-state index in [0.717, 1.165) is 35.1 Å². The lowest BCUT2D eigenvalue weighted by Crippen LogP contribution is -1.92. The molecule has 4 rings (SSSR count). The molecule has 0 saturated heterocycles. The molecule has 0 aromatic heterocycles. The normalized spacial score (nSPS) is 10.6. The number of hydrogen-bond acceptors (Lipinski definition) is 1. The van der Waals surface area contributed by atoms with Crippen molar-refractivity contribution in [3.05, 3.63) is 106 Å². The summed E-state index contributed by atoms with van der Waals surface area (Å²) >= 11 is 0. The summed E-state index contributed by atoms with van der Waals surface area (Å²) in [6, 6.07) is 20.8. The fraction of sp³-hybridized carbons (Fsp3) is 0.194. The third kappa shape index (κ3) is 5.56. The highest BCUT2D eigenvalue weighted by atomic mass is 19.1. The first-order valence-corrected chi connectivity index (χ1v) is 11.7. The monoisotopic (exact) mass is 467 g/mol. The van der Waals surface area contributed by atoms with Crippen LogP contribution in [0.25, 0.3) is 21.9 Å². The zero-order chi connectivity index (χ0) is 24.8. The molecule has 0 atom stereocenters. The van der Waals surface area contributed by atoms with E-state index in [2.05, 4.69) is 43.0 Å². The number of rotatable bonds is 6. The van der Waals surface area contributed by atoms with E-state index in [1.54, 1.807) is 18.2 Å². The fourth-order valence-electron chi connectivity index (χ4n) is 4.08. The number of nitrogens with zero attached hydrogens (tertiary/aromatic N) is 1. The van der Waals surface area contributed by atoms with Crippen LogP contribution in [-0.4, -0.2) is 0 Å². The van der Waals surface area contributed by atoms with Gasteiger partial charge < -0.3 is 0 Å². The van der Waals surface area contributed by atoms with E-state index >= 15 is 4.39 Å². The molecule has 35 heavy (non-hydrogen) atoms. The molecule has 0 saturated carbocycles. The van der Waals surface area contributed by atoms with Gasteiger partial charge >= 0.3 is 0 Å². The van der Waals surface area contributed by atoms with Crippen molar-refractivity contribution in [1.82, 2.24) is 0 Å². The first-order valence-electron chi connectivity index (χ1n) is 11.7. The van der Waals surface area contributed by atoms with Crippen molar-refractivity contribution in [2.75, 3.05) is 0 Å². The third-order valence-corrected chi connectivity index (χ3v) is 6.06. The highest BCUT2D eigenvalue weighted by Gasteiger charge is 2.10. The van der Waals surface area contributed by atoms with E-state index in [0.29, 0.717) is 5.39 Å². The Labute approximate surface area is 203 Å². The van der Waals surface area contributed by atoms with E-state index in [9.17, 15) is 8.78 Å².